The highest BCUT2D eigenvalue weighted by molar-refractivity contribution is 6.31. The molecule has 2 aromatic carbocycles. The van der Waals surface area contributed by atoms with Gasteiger partial charge in [0.2, 0.25) is 17.7 Å². The summed E-state index contributed by atoms with van der Waals surface area (Å²) in [6.07, 6.45) is 0. The van der Waals surface area contributed by atoms with Crippen LogP contribution in [0.4, 0.5) is 17.6 Å². The monoisotopic (exact) mass is 351 g/mol. The van der Waals surface area contributed by atoms with Crippen molar-refractivity contribution in [1.29, 1.82) is 0 Å². The van der Waals surface area contributed by atoms with Gasteiger partial charge in [-0.25, -0.2) is 0 Å². The summed E-state index contributed by atoms with van der Waals surface area (Å²) in [4.78, 5) is 12.7. The van der Waals surface area contributed by atoms with Gasteiger partial charge in [0, 0.05) is 16.1 Å². The second-order valence-electron chi connectivity index (χ2n) is 5.53. The van der Waals surface area contributed by atoms with Crippen LogP contribution in [0.15, 0.2) is 52.9 Å². The number of halogens is 1. The van der Waals surface area contributed by atoms with E-state index < -0.39 is 0 Å². The van der Waals surface area contributed by atoms with E-state index in [0.717, 1.165) is 22.2 Å². The van der Waals surface area contributed by atoms with Crippen LogP contribution in [0.3, 0.4) is 0 Å². The Labute approximate surface area is 148 Å². The molecule has 4 rings (SSSR count). The summed E-state index contributed by atoms with van der Waals surface area (Å²) in [6.45, 7) is 1.91. The first-order chi connectivity index (χ1) is 12.1. The molecule has 124 valence electrons. The maximum atomic E-state index is 6.15. The van der Waals surface area contributed by atoms with Crippen LogP contribution in [0.5, 0.6) is 0 Å². The Kier molecular flexibility index (Phi) is 3.74. The molecule has 0 saturated heterocycles. The molecule has 4 aromatic rings. The Morgan fingerprint density at radius 1 is 1.04 bits per heavy atom. The highest BCUT2D eigenvalue weighted by atomic mass is 35.5. The zero-order valence-corrected chi connectivity index (χ0v) is 14.1. The summed E-state index contributed by atoms with van der Waals surface area (Å²) in [6, 6.07) is 15.1. The summed E-state index contributed by atoms with van der Waals surface area (Å²) >= 11 is 6.15. The fourth-order valence-corrected chi connectivity index (χ4v) is 2.69. The van der Waals surface area contributed by atoms with Crippen molar-refractivity contribution in [2.45, 2.75) is 6.92 Å². The average molecular weight is 352 g/mol. The number of anilines is 3. The van der Waals surface area contributed by atoms with E-state index in [1.807, 2.05) is 55.5 Å². The molecule has 2 aromatic heterocycles. The number of fused-ring (bicyclic) bond motifs is 1. The lowest BCUT2D eigenvalue weighted by atomic mass is 10.2. The molecule has 0 amide bonds. The van der Waals surface area contributed by atoms with E-state index in [0.29, 0.717) is 22.6 Å². The zero-order valence-electron chi connectivity index (χ0n) is 13.3. The van der Waals surface area contributed by atoms with Gasteiger partial charge in [-0.15, -0.1) is 0 Å². The number of nitrogens with two attached hydrogens (primary N) is 1. The highest BCUT2D eigenvalue weighted by Crippen LogP contribution is 2.28. The molecule has 0 radical (unpaired) electrons. The highest BCUT2D eigenvalue weighted by Gasteiger charge is 2.13. The van der Waals surface area contributed by atoms with Gasteiger partial charge in [0.15, 0.2) is 5.76 Å². The maximum Gasteiger partial charge on any atom is 0.232 e. The molecule has 0 spiro atoms. The lowest BCUT2D eigenvalue weighted by Crippen LogP contribution is -2.05. The molecule has 0 bridgehead atoms. The second-order valence-corrected chi connectivity index (χ2v) is 5.93. The van der Waals surface area contributed by atoms with Gasteiger partial charge >= 0.3 is 0 Å². The molecule has 25 heavy (non-hydrogen) atoms. The van der Waals surface area contributed by atoms with E-state index in [1.165, 1.54) is 0 Å². The van der Waals surface area contributed by atoms with Gasteiger partial charge in [-0.2, -0.15) is 15.0 Å². The molecule has 2 heterocycles. The first-order valence-corrected chi connectivity index (χ1v) is 8.00. The van der Waals surface area contributed by atoms with Crippen molar-refractivity contribution in [2.24, 2.45) is 0 Å². The fraction of sp³-hybridized carbons (Fsp3) is 0.0556. The number of nitrogen functional groups attached to an aromatic ring is 1. The standard InChI is InChI=1S/C18H14ClN5O/c1-10-12(19)6-4-7-13(10)21-18-23-16(22-17(20)24-18)15-9-11-5-2-3-8-14(11)25-15/h2-9H,1H3,(H3,20,21,22,23,24). The van der Waals surface area contributed by atoms with Crippen LogP contribution in [0.2, 0.25) is 5.02 Å². The number of hydrogen-bond acceptors (Lipinski definition) is 6. The van der Waals surface area contributed by atoms with E-state index in [9.17, 15) is 0 Å². The summed E-state index contributed by atoms with van der Waals surface area (Å²) in [7, 11) is 0. The van der Waals surface area contributed by atoms with Crippen molar-refractivity contribution >= 4 is 40.2 Å². The summed E-state index contributed by atoms with van der Waals surface area (Å²) in [5.41, 5.74) is 8.30. The molecule has 0 atom stereocenters. The van der Waals surface area contributed by atoms with Gasteiger partial charge in [-0.1, -0.05) is 35.9 Å². The number of furan rings is 1. The van der Waals surface area contributed by atoms with Crippen molar-refractivity contribution in [1.82, 2.24) is 15.0 Å². The lowest BCUT2D eigenvalue weighted by Gasteiger charge is -2.10. The van der Waals surface area contributed by atoms with E-state index in [1.54, 1.807) is 0 Å². The van der Waals surface area contributed by atoms with Crippen molar-refractivity contribution < 1.29 is 4.42 Å². The third kappa shape index (κ3) is 2.99. The Hall–Kier alpha value is -3.12. The molecule has 7 heteroatoms. The van der Waals surface area contributed by atoms with E-state index >= 15 is 0 Å². The fourth-order valence-electron chi connectivity index (χ4n) is 2.51. The van der Waals surface area contributed by atoms with Crippen molar-refractivity contribution in [2.75, 3.05) is 11.1 Å². The topological polar surface area (TPSA) is 89.9 Å². The number of nitrogens with zero attached hydrogens (tertiary/aromatic N) is 3. The molecule has 0 aliphatic carbocycles. The summed E-state index contributed by atoms with van der Waals surface area (Å²) < 4.78 is 5.80. The third-order valence-corrected chi connectivity index (χ3v) is 4.22. The lowest BCUT2D eigenvalue weighted by molar-refractivity contribution is 0.625. The second kappa shape index (κ2) is 6.07. The average Bonchev–Trinajstić information content (AvgIpc) is 3.03. The smallest absolute Gasteiger partial charge is 0.232 e. The van der Waals surface area contributed by atoms with Crippen LogP contribution in [0.25, 0.3) is 22.6 Å². The van der Waals surface area contributed by atoms with Crippen molar-refractivity contribution in [3.8, 4) is 11.6 Å². The van der Waals surface area contributed by atoms with Crippen LogP contribution in [0, 0.1) is 6.92 Å². The molecule has 0 aliphatic heterocycles. The first-order valence-electron chi connectivity index (χ1n) is 7.63. The molecular formula is C18H14ClN5O. The number of hydrogen-bond donors (Lipinski definition) is 2. The van der Waals surface area contributed by atoms with Crippen LogP contribution >= 0.6 is 11.6 Å². The van der Waals surface area contributed by atoms with Gasteiger partial charge in [-0.05, 0) is 36.8 Å². The molecule has 6 nitrogen and oxygen atoms in total. The van der Waals surface area contributed by atoms with Crippen molar-refractivity contribution in [3.63, 3.8) is 0 Å². The number of nitrogens with one attached hydrogen (secondary N) is 1. The van der Waals surface area contributed by atoms with Crippen LogP contribution in [0.1, 0.15) is 5.56 Å². The third-order valence-electron chi connectivity index (χ3n) is 3.81. The SMILES string of the molecule is Cc1c(Cl)cccc1Nc1nc(N)nc(-c2cc3ccccc3o2)n1. The number of para-hydroxylation sites is 1. The van der Waals surface area contributed by atoms with Crippen LogP contribution in [-0.2, 0) is 0 Å². The maximum absolute atomic E-state index is 6.15. The predicted molar refractivity (Wildman–Crippen MR) is 98.9 cm³/mol. The van der Waals surface area contributed by atoms with Crippen LogP contribution < -0.4 is 11.1 Å². The largest absolute Gasteiger partial charge is 0.453 e. The quantitative estimate of drug-likeness (QED) is 0.561. The summed E-state index contributed by atoms with van der Waals surface area (Å²) in [5.74, 6) is 1.33. The molecule has 0 aliphatic rings. The van der Waals surface area contributed by atoms with Gasteiger partial charge < -0.3 is 15.5 Å². The normalized spacial score (nSPS) is 11.0. The Balaban J connectivity index is 1.74. The number of rotatable bonds is 3. The minimum Gasteiger partial charge on any atom is -0.453 e. The minimum atomic E-state index is 0.104. The van der Waals surface area contributed by atoms with Gasteiger partial charge in [0.25, 0.3) is 0 Å². The molecule has 3 N–H and O–H groups in total. The number of aromatic nitrogens is 3. The van der Waals surface area contributed by atoms with Crippen LogP contribution in [-0.4, -0.2) is 15.0 Å². The van der Waals surface area contributed by atoms with Crippen molar-refractivity contribution in [3.05, 3.63) is 59.1 Å². The molecular weight excluding hydrogens is 338 g/mol. The van der Waals surface area contributed by atoms with Gasteiger partial charge in [0.05, 0.1) is 0 Å². The van der Waals surface area contributed by atoms with Gasteiger partial charge in [0.1, 0.15) is 5.58 Å². The Bertz CT molecular complexity index is 1040. The minimum absolute atomic E-state index is 0.104. The molecule has 0 saturated carbocycles. The Morgan fingerprint density at radius 3 is 2.72 bits per heavy atom. The van der Waals surface area contributed by atoms with E-state index in [-0.39, 0.29) is 5.95 Å². The Morgan fingerprint density at radius 2 is 1.88 bits per heavy atom. The molecule has 0 fully saturated rings. The van der Waals surface area contributed by atoms with Gasteiger partial charge in [-0.3, -0.25) is 0 Å². The summed E-state index contributed by atoms with van der Waals surface area (Å²) in [5, 5.41) is 4.76. The number of benzene rings is 2. The molecule has 0 unspecified atom stereocenters. The van der Waals surface area contributed by atoms with E-state index in [2.05, 4.69) is 20.3 Å². The predicted octanol–water partition coefficient (Wildman–Crippen LogP) is 4.57. The zero-order chi connectivity index (χ0) is 17.4. The van der Waals surface area contributed by atoms with E-state index in [4.69, 9.17) is 21.8 Å². The first kappa shape index (κ1) is 15.4.